The Balaban J connectivity index is 1.54. The summed E-state index contributed by atoms with van der Waals surface area (Å²) in [5.41, 5.74) is 15.0. The molecule has 0 bridgehead atoms. The lowest BCUT2D eigenvalue weighted by Gasteiger charge is -2.30. The average Bonchev–Trinajstić information content (AvgIpc) is 3.14. The van der Waals surface area contributed by atoms with Gasteiger partial charge in [-0.1, -0.05) is 37.2 Å². The van der Waals surface area contributed by atoms with E-state index in [-0.39, 0.29) is 5.25 Å². The molecule has 1 aliphatic rings. The van der Waals surface area contributed by atoms with E-state index in [0.717, 1.165) is 47.0 Å². The van der Waals surface area contributed by atoms with Gasteiger partial charge in [-0.25, -0.2) is 15.0 Å². The fraction of sp³-hybridized carbons (Fsp3) is 0.458. The van der Waals surface area contributed by atoms with E-state index in [0.29, 0.717) is 23.4 Å². The van der Waals surface area contributed by atoms with E-state index in [4.69, 9.17) is 21.2 Å². The standard InChI is InChI=1S/C24H32N6OS2/c1-4-6-19-22(16(3)32-24-27-20(25)14-21(26)28-24)29-23(33-19)17-8-7-15(2)18(13-17)31-12-11-30-9-5-10-30/h7-8,13-14,16H,4-6,9-12H2,1-3H3,(H4,25,26,27,28). The Morgan fingerprint density at radius 1 is 1.15 bits per heavy atom. The van der Waals surface area contributed by atoms with Gasteiger partial charge in [0.05, 0.1) is 10.9 Å². The topological polar surface area (TPSA) is 103 Å². The Hall–Kier alpha value is -2.36. The number of nitrogen functional groups attached to an aromatic ring is 2. The van der Waals surface area contributed by atoms with Crippen molar-refractivity contribution in [1.82, 2.24) is 19.9 Å². The van der Waals surface area contributed by atoms with Crippen LogP contribution in [0.1, 0.15) is 48.1 Å². The lowest BCUT2D eigenvalue weighted by Crippen LogP contribution is -2.39. The molecule has 7 nitrogen and oxygen atoms in total. The van der Waals surface area contributed by atoms with Crippen LogP contribution in [0.4, 0.5) is 11.6 Å². The third-order valence-electron chi connectivity index (χ3n) is 5.67. The van der Waals surface area contributed by atoms with E-state index in [1.165, 1.54) is 36.1 Å². The Kier molecular flexibility index (Phi) is 7.72. The number of ether oxygens (including phenoxy) is 1. The zero-order valence-corrected chi connectivity index (χ0v) is 21.1. The zero-order valence-electron chi connectivity index (χ0n) is 19.5. The molecule has 0 amide bonds. The number of benzene rings is 1. The lowest BCUT2D eigenvalue weighted by molar-refractivity contribution is 0.147. The summed E-state index contributed by atoms with van der Waals surface area (Å²) in [7, 11) is 0. The zero-order chi connectivity index (χ0) is 23.4. The molecule has 2 aromatic heterocycles. The van der Waals surface area contributed by atoms with Crippen LogP contribution >= 0.6 is 23.1 Å². The molecular formula is C24H32N6OS2. The predicted molar refractivity (Wildman–Crippen MR) is 138 cm³/mol. The van der Waals surface area contributed by atoms with Gasteiger partial charge in [0.2, 0.25) is 0 Å². The summed E-state index contributed by atoms with van der Waals surface area (Å²) in [5.74, 6) is 1.70. The minimum atomic E-state index is 0.0791. The summed E-state index contributed by atoms with van der Waals surface area (Å²) < 4.78 is 6.13. The van der Waals surface area contributed by atoms with Gasteiger partial charge >= 0.3 is 0 Å². The van der Waals surface area contributed by atoms with Gasteiger partial charge in [-0.2, -0.15) is 0 Å². The third-order valence-corrected chi connectivity index (χ3v) is 7.82. The first-order valence-electron chi connectivity index (χ1n) is 11.5. The summed E-state index contributed by atoms with van der Waals surface area (Å²) in [5, 5.41) is 1.67. The first-order chi connectivity index (χ1) is 15.9. The average molecular weight is 485 g/mol. The maximum atomic E-state index is 6.13. The first-order valence-corrected chi connectivity index (χ1v) is 13.1. The molecule has 1 aliphatic heterocycles. The third kappa shape index (κ3) is 5.96. The molecule has 0 aliphatic carbocycles. The van der Waals surface area contributed by atoms with Gasteiger partial charge in [0.25, 0.3) is 0 Å². The largest absolute Gasteiger partial charge is 0.492 e. The van der Waals surface area contributed by atoms with Crippen LogP contribution in [0.2, 0.25) is 0 Å². The number of aromatic nitrogens is 3. The van der Waals surface area contributed by atoms with Crippen molar-refractivity contribution in [3.63, 3.8) is 0 Å². The van der Waals surface area contributed by atoms with Crippen molar-refractivity contribution in [3.8, 4) is 16.3 Å². The highest BCUT2D eigenvalue weighted by molar-refractivity contribution is 7.99. The van der Waals surface area contributed by atoms with Gasteiger partial charge in [-0.3, -0.25) is 4.90 Å². The highest BCUT2D eigenvalue weighted by atomic mass is 32.2. The van der Waals surface area contributed by atoms with Crippen molar-refractivity contribution in [1.29, 1.82) is 0 Å². The molecule has 1 atom stereocenters. The summed E-state index contributed by atoms with van der Waals surface area (Å²) >= 11 is 3.29. The fourth-order valence-electron chi connectivity index (χ4n) is 3.72. The highest BCUT2D eigenvalue weighted by Gasteiger charge is 2.21. The lowest BCUT2D eigenvalue weighted by atomic mass is 10.1. The molecular weight excluding hydrogens is 452 g/mol. The molecule has 0 spiro atoms. The van der Waals surface area contributed by atoms with Crippen LogP contribution in [0.3, 0.4) is 0 Å². The monoisotopic (exact) mass is 484 g/mol. The molecule has 3 aromatic rings. The van der Waals surface area contributed by atoms with Gasteiger partial charge in [-0.05, 0) is 51.4 Å². The van der Waals surface area contributed by atoms with Gasteiger partial charge in [0, 0.05) is 23.1 Å². The summed E-state index contributed by atoms with van der Waals surface area (Å²) in [6.45, 7) is 10.5. The Bertz CT molecular complexity index is 1080. The fourth-order valence-corrected chi connectivity index (χ4v) is 5.99. The second-order valence-electron chi connectivity index (χ2n) is 8.36. The number of hydrogen-bond acceptors (Lipinski definition) is 9. The van der Waals surface area contributed by atoms with Gasteiger partial charge in [0.1, 0.15) is 29.0 Å². The Labute approximate surface area is 204 Å². The number of rotatable bonds is 10. The molecule has 1 saturated heterocycles. The molecule has 4 rings (SSSR count). The smallest absolute Gasteiger partial charge is 0.192 e. The Morgan fingerprint density at radius 3 is 2.58 bits per heavy atom. The van der Waals surface area contributed by atoms with Crippen molar-refractivity contribution in [2.45, 2.75) is 50.4 Å². The van der Waals surface area contributed by atoms with Crippen LogP contribution in [-0.4, -0.2) is 46.1 Å². The summed E-state index contributed by atoms with van der Waals surface area (Å²) in [6.07, 6.45) is 3.35. The highest BCUT2D eigenvalue weighted by Crippen LogP contribution is 2.40. The molecule has 33 heavy (non-hydrogen) atoms. The molecule has 9 heteroatoms. The number of nitrogens with zero attached hydrogens (tertiary/aromatic N) is 4. The normalized spacial score (nSPS) is 14.8. The van der Waals surface area contributed by atoms with Crippen LogP contribution < -0.4 is 16.2 Å². The van der Waals surface area contributed by atoms with Crippen LogP contribution in [-0.2, 0) is 6.42 Å². The molecule has 176 valence electrons. The van der Waals surface area contributed by atoms with Crippen molar-refractivity contribution in [3.05, 3.63) is 40.4 Å². The number of thiazole rings is 1. The number of nitrogens with two attached hydrogens (primary N) is 2. The first kappa shape index (κ1) is 23.8. The van der Waals surface area contributed by atoms with Crippen LogP contribution in [0.25, 0.3) is 10.6 Å². The van der Waals surface area contributed by atoms with Gasteiger partial charge in [-0.15, -0.1) is 11.3 Å². The molecule has 1 unspecified atom stereocenters. The van der Waals surface area contributed by atoms with Crippen LogP contribution in [0.5, 0.6) is 5.75 Å². The van der Waals surface area contributed by atoms with Crippen molar-refractivity contribution >= 4 is 34.7 Å². The number of thioether (sulfide) groups is 1. The number of anilines is 2. The molecule has 1 fully saturated rings. The SMILES string of the molecule is CCCc1sc(-c2ccc(C)c(OCCN3CCC3)c2)nc1C(C)Sc1nc(N)cc(N)n1. The second-order valence-corrected chi connectivity index (χ2v) is 10.8. The maximum absolute atomic E-state index is 6.13. The van der Waals surface area contributed by atoms with Crippen LogP contribution in [0.15, 0.2) is 29.4 Å². The van der Waals surface area contributed by atoms with E-state index in [9.17, 15) is 0 Å². The molecule has 0 saturated carbocycles. The molecule has 4 N–H and O–H groups in total. The second kappa shape index (κ2) is 10.7. The number of likely N-dealkylation sites (tertiary alicyclic amines) is 1. The minimum absolute atomic E-state index is 0.0791. The van der Waals surface area contributed by atoms with E-state index in [2.05, 4.69) is 53.8 Å². The van der Waals surface area contributed by atoms with E-state index in [1.54, 1.807) is 17.4 Å². The van der Waals surface area contributed by atoms with Crippen LogP contribution in [0, 0.1) is 6.92 Å². The predicted octanol–water partition coefficient (Wildman–Crippen LogP) is 4.96. The quantitative estimate of drug-likeness (QED) is 0.307. The van der Waals surface area contributed by atoms with Gasteiger partial charge < -0.3 is 16.2 Å². The number of hydrogen-bond donors (Lipinski definition) is 2. The maximum Gasteiger partial charge on any atom is 0.192 e. The molecule has 3 heterocycles. The molecule has 1 aromatic carbocycles. The van der Waals surface area contributed by atoms with Crippen molar-refractivity contribution in [2.75, 3.05) is 37.7 Å². The minimum Gasteiger partial charge on any atom is -0.492 e. The van der Waals surface area contributed by atoms with Crippen molar-refractivity contribution in [2.24, 2.45) is 0 Å². The van der Waals surface area contributed by atoms with E-state index in [1.807, 2.05) is 0 Å². The summed E-state index contributed by atoms with van der Waals surface area (Å²) in [4.78, 5) is 17.4. The van der Waals surface area contributed by atoms with E-state index < -0.39 is 0 Å². The number of aryl methyl sites for hydroxylation is 2. The van der Waals surface area contributed by atoms with Gasteiger partial charge in [0.15, 0.2) is 5.16 Å². The van der Waals surface area contributed by atoms with Crippen molar-refractivity contribution < 1.29 is 4.74 Å². The summed E-state index contributed by atoms with van der Waals surface area (Å²) in [6, 6.07) is 7.95. The molecule has 0 radical (unpaired) electrons. The van der Waals surface area contributed by atoms with E-state index >= 15 is 0 Å². The Morgan fingerprint density at radius 2 is 1.91 bits per heavy atom.